The molecule has 2 aromatic rings. The van der Waals surface area contributed by atoms with E-state index in [1.165, 1.54) is 27.2 Å². The molecule has 174 valence electrons. The second kappa shape index (κ2) is 10.1. The molecule has 7 nitrogen and oxygen atoms in total. The Morgan fingerprint density at radius 3 is 2.36 bits per heavy atom. The first-order chi connectivity index (χ1) is 16.0. The van der Waals surface area contributed by atoms with Gasteiger partial charge < -0.3 is 20.1 Å². The molecule has 1 aliphatic carbocycles. The first kappa shape index (κ1) is 22.8. The van der Waals surface area contributed by atoms with Gasteiger partial charge in [-0.05, 0) is 54.9 Å². The predicted molar refractivity (Wildman–Crippen MR) is 124 cm³/mol. The van der Waals surface area contributed by atoms with Crippen molar-refractivity contribution >= 4 is 18.0 Å². The fourth-order valence-corrected chi connectivity index (χ4v) is 4.94. The minimum atomic E-state index is -0.939. The highest BCUT2D eigenvalue weighted by molar-refractivity contribution is 5.84. The number of hydrogen-bond donors (Lipinski definition) is 2. The van der Waals surface area contributed by atoms with Gasteiger partial charge in [0.25, 0.3) is 0 Å². The smallest absolute Gasteiger partial charge is 0.407 e. The van der Waals surface area contributed by atoms with Crippen molar-refractivity contribution in [2.45, 2.75) is 57.0 Å². The molecule has 1 heterocycles. The molecule has 0 bridgehead atoms. The van der Waals surface area contributed by atoms with Gasteiger partial charge in [-0.25, -0.2) is 9.59 Å². The number of carbonyl (C=O) groups excluding carboxylic acids is 2. The van der Waals surface area contributed by atoms with Gasteiger partial charge in [0.2, 0.25) is 5.91 Å². The summed E-state index contributed by atoms with van der Waals surface area (Å²) in [6.07, 6.45) is 2.23. The third-order valence-corrected chi connectivity index (χ3v) is 6.59. The van der Waals surface area contributed by atoms with Crippen molar-refractivity contribution in [3.8, 4) is 11.1 Å². The second-order valence-electron chi connectivity index (χ2n) is 8.85. The highest BCUT2D eigenvalue weighted by Gasteiger charge is 2.33. The molecule has 2 aliphatic rings. The maximum Gasteiger partial charge on any atom is 0.407 e. The largest absolute Gasteiger partial charge is 0.480 e. The Kier molecular flexibility index (Phi) is 6.96. The van der Waals surface area contributed by atoms with Crippen molar-refractivity contribution in [3.05, 3.63) is 59.7 Å². The first-order valence-corrected chi connectivity index (χ1v) is 11.6. The molecule has 2 N–H and O–H groups in total. The number of nitrogens with one attached hydrogen (secondary N) is 1. The number of carboxylic acid groups (broad SMARTS) is 1. The zero-order valence-corrected chi connectivity index (χ0v) is 18.8. The monoisotopic (exact) mass is 450 g/mol. The van der Waals surface area contributed by atoms with Gasteiger partial charge in [-0.3, -0.25) is 4.79 Å². The normalized spacial score (nSPS) is 17.8. The van der Waals surface area contributed by atoms with Crippen molar-refractivity contribution in [1.82, 2.24) is 10.2 Å². The van der Waals surface area contributed by atoms with Crippen LogP contribution < -0.4 is 5.32 Å². The minimum Gasteiger partial charge on any atom is -0.480 e. The third-order valence-electron chi connectivity index (χ3n) is 6.59. The fraction of sp³-hybridized carbons (Fsp3) is 0.423. The second-order valence-corrected chi connectivity index (χ2v) is 8.85. The van der Waals surface area contributed by atoms with E-state index in [0.29, 0.717) is 25.8 Å². The number of hydrogen-bond acceptors (Lipinski definition) is 4. The highest BCUT2D eigenvalue weighted by atomic mass is 16.5. The van der Waals surface area contributed by atoms with E-state index >= 15 is 0 Å². The highest BCUT2D eigenvalue weighted by Crippen LogP contribution is 2.44. The summed E-state index contributed by atoms with van der Waals surface area (Å²) >= 11 is 0. The lowest BCUT2D eigenvalue weighted by Crippen LogP contribution is -2.40. The number of rotatable bonds is 8. The van der Waals surface area contributed by atoms with Gasteiger partial charge in [-0.1, -0.05) is 48.5 Å². The number of nitrogens with zero attached hydrogens (tertiary/aromatic N) is 1. The van der Waals surface area contributed by atoms with Crippen LogP contribution in [-0.4, -0.2) is 53.2 Å². The fourth-order valence-electron chi connectivity index (χ4n) is 4.94. The van der Waals surface area contributed by atoms with Gasteiger partial charge in [-0.15, -0.1) is 0 Å². The summed E-state index contributed by atoms with van der Waals surface area (Å²) < 4.78 is 5.57. The minimum absolute atomic E-state index is 0.0127. The molecule has 0 radical (unpaired) electrons. The number of carboxylic acids is 1. The van der Waals surface area contributed by atoms with E-state index in [-0.39, 0.29) is 30.9 Å². The number of benzene rings is 2. The molecule has 4 rings (SSSR count). The van der Waals surface area contributed by atoms with Crippen molar-refractivity contribution in [2.75, 3.05) is 13.2 Å². The van der Waals surface area contributed by atoms with E-state index < -0.39 is 18.1 Å². The molecule has 0 spiro atoms. The van der Waals surface area contributed by atoms with E-state index in [1.807, 2.05) is 31.2 Å². The van der Waals surface area contributed by atoms with Crippen molar-refractivity contribution in [3.63, 3.8) is 0 Å². The van der Waals surface area contributed by atoms with Gasteiger partial charge in [-0.2, -0.15) is 0 Å². The summed E-state index contributed by atoms with van der Waals surface area (Å²) in [5.74, 6) is -1.06. The number of ether oxygens (including phenoxy) is 1. The van der Waals surface area contributed by atoms with Crippen LogP contribution in [0.4, 0.5) is 4.79 Å². The van der Waals surface area contributed by atoms with Crippen LogP contribution in [0.5, 0.6) is 0 Å². The number of likely N-dealkylation sites (tertiary alicyclic amines) is 1. The topological polar surface area (TPSA) is 95.9 Å². The van der Waals surface area contributed by atoms with Crippen LogP contribution in [0, 0.1) is 0 Å². The summed E-state index contributed by atoms with van der Waals surface area (Å²) in [7, 11) is 0. The van der Waals surface area contributed by atoms with E-state index in [0.717, 1.165) is 6.42 Å². The number of fused-ring (bicyclic) bond motifs is 3. The molecule has 1 aliphatic heterocycles. The average molecular weight is 451 g/mol. The Morgan fingerprint density at radius 2 is 1.73 bits per heavy atom. The lowest BCUT2D eigenvalue weighted by atomic mass is 9.98. The molecule has 7 heteroatoms. The summed E-state index contributed by atoms with van der Waals surface area (Å²) in [5, 5.41) is 12.1. The van der Waals surface area contributed by atoms with Crippen LogP contribution in [0.15, 0.2) is 48.5 Å². The molecule has 2 amide bonds. The summed E-state index contributed by atoms with van der Waals surface area (Å²) in [4.78, 5) is 37.5. The summed E-state index contributed by atoms with van der Waals surface area (Å²) in [6.45, 7) is 2.64. The third kappa shape index (κ3) is 5.02. The molecule has 2 atom stereocenters. The molecular weight excluding hydrogens is 420 g/mol. The zero-order chi connectivity index (χ0) is 23.4. The Hall–Kier alpha value is -3.35. The molecule has 1 saturated heterocycles. The van der Waals surface area contributed by atoms with Crippen LogP contribution in [0.25, 0.3) is 11.1 Å². The molecular formula is C26H30N2O5. The molecule has 0 saturated carbocycles. The van der Waals surface area contributed by atoms with Crippen molar-refractivity contribution in [1.29, 1.82) is 0 Å². The standard InChI is InChI=1S/C26H30N2O5/c1-17(8-6-14-24(29)28-15-7-13-23(28)25(30)31)27-26(32)33-16-22-20-11-4-2-9-18(20)19-10-3-5-12-21(19)22/h2-5,9-12,17,22-23H,6-8,13-16H2,1H3,(H,27,32)(H,30,31). The quantitative estimate of drug-likeness (QED) is 0.630. The molecule has 2 aromatic carbocycles. The zero-order valence-electron chi connectivity index (χ0n) is 18.8. The average Bonchev–Trinajstić information content (AvgIpc) is 3.41. The van der Waals surface area contributed by atoms with Gasteiger partial charge in [0.1, 0.15) is 12.6 Å². The van der Waals surface area contributed by atoms with Gasteiger partial charge >= 0.3 is 12.1 Å². The Balaban J connectivity index is 1.23. The number of alkyl carbamates (subject to hydrolysis) is 1. The lowest BCUT2D eigenvalue weighted by molar-refractivity contribution is -0.148. The van der Waals surface area contributed by atoms with Crippen LogP contribution in [0.3, 0.4) is 0 Å². The molecule has 2 unspecified atom stereocenters. The van der Waals surface area contributed by atoms with Crippen molar-refractivity contribution < 1.29 is 24.2 Å². The van der Waals surface area contributed by atoms with E-state index in [4.69, 9.17) is 4.74 Å². The number of aliphatic carboxylic acids is 1. The van der Waals surface area contributed by atoms with Crippen LogP contribution >= 0.6 is 0 Å². The Labute approximate surface area is 193 Å². The van der Waals surface area contributed by atoms with E-state index in [2.05, 4.69) is 29.6 Å². The van der Waals surface area contributed by atoms with Gasteiger partial charge in [0, 0.05) is 24.9 Å². The Morgan fingerprint density at radius 1 is 1.09 bits per heavy atom. The molecule has 1 fully saturated rings. The van der Waals surface area contributed by atoms with Crippen LogP contribution in [-0.2, 0) is 14.3 Å². The van der Waals surface area contributed by atoms with Crippen LogP contribution in [0.2, 0.25) is 0 Å². The van der Waals surface area contributed by atoms with Gasteiger partial charge in [0.05, 0.1) is 0 Å². The van der Waals surface area contributed by atoms with Crippen LogP contribution in [0.1, 0.15) is 56.1 Å². The van der Waals surface area contributed by atoms with E-state index in [9.17, 15) is 19.5 Å². The number of amides is 2. The maximum atomic E-state index is 12.4. The number of carbonyl (C=O) groups is 3. The summed E-state index contributed by atoms with van der Waals surface area (Å²) in [5.41, 5.74) is 4.70. The predicted octanol–water partition coefficient (Wildman–Crippen LogP) is 4.16. The van der Waals surface area contributed by atoms with Crippen molar-refractivity contribution in [2.24, 2.45) is 0 Å². The summed E-state index contributed by atoms with van der Waals surface area (Å²) in [6, 6.07) is 15.5. The SMILES string of the molecule is CC(CCCC(=O)N1CCCC1C(=O)O)NC(=O)OCC1c2ccccc2-c2ccccc21. The van der Waals surface area contributed by atoms with Gasteiger partial charge in [0.15, 0.2) is 0 Å². The Bertz CT molecular complexity index is 991. The van der Waals surface area contributed by atoms with E-state index in [1.54, 1.807) is 0 Å². The lowest BCUT2D eigenvalue weighted by Gasteiger charge is -2.22. The maximum absolute atomic E-state index is 12.4. The molecule has 33 heavy (non-hydrogen) atoms. The molecule has 0 aromatic heterocycles. The first-order valence-electron chi connectivity index (χ1n) is 11.6.